The van der Waals surface area contributed by atoms with Crippen LogP contribution in [0.3, 0.4) is 0 Å². The number of hydrogen-bond donors (Lipinski definition) is 1. The Morgan fingerprint density at radius 1 is 1.23 bits per heavy atom. The van der Waals surface area contributed by atoms with Crippen LogP contribution < -0.4 is 10.1 Å². The summed E-state index contributed by atoms with van der Waals surface area (Å²) in [5.74, 6) is 0.364. The van der Waals surface area contributed by atoms with Crippen LogP contribution in [-0.4, -0.2) is 27.8 Å². The molecule has 2 aromatic heterocycles. The van der Waals surface area contributed by atoms with E-state index in [-0.39, 0.29) is 5.91 Å². The van der Waals surface area contributed by atoms with Gasteiger partial charge in [0, 0.05) is 24.4 Å². The Kier molecular flexibility index (Phi) is 5.23. The molecule has 1 N–H and O–H groups in total. The number of halogens is 1. The number of aryl methyl sites for hydroxylation is 1. The van der Waals surface area contributed by atoms with E-state index in [0.29, 0.717) is 23.0 Å². The zero-order valence-electron chi connectivity index (χ0n) is 14.8. The highest BCUT2D eigenvalue weighted by atomic mass is 35.5. The molecular weight excluding hydrogens is 352 g/mol. The van der Waals surface area contributed by atoms with Crippen molar-refractivity contribution < 1.29 is 9.53 Å². The lowest BCUT2D eigenvalue weighted by molar-refractivity contribution is 0.0951. The van der Waals surface area contributed by atoms with Crippen LogP contribution in [0.5, 0.6) is 5.88 Å². The van der Waals surface area contributed by atoms with Gasteiger partial charge in [-0.3, -0.25) is 4.79 Å². The minimum Gasteiger partial charge on any atom is -0.481 e. The van der Waals surface area contributed by atoms with E-state index in [1.807, 2.05) is 32.0 Å². The second kappa shape index (κ2) is 7.58. The van der Waals surface area contributed by atoms with E-state index in [1.54, 1.807) is 36.2 Å². The average Bonchev–Trinajstić information content (AvgIpc) is 2.93. The van der Waals surface area contributed by atoms with Gasteiger partial charge in [0.05, 0.1) is 29.2 Å². The van der Waals surface area contributed by atoms with E-state index >= 15 is 0 Å². The number of nitrogens with zero attached hydrogens (tertiary/aromatic N) is 3. The number of ether oxygens (including phenoxy) is 1. The van der Waals surface area contributed by atoms with Crippen LogP contribution in [0.4, 0.5) is 0 Å². The molecule has 0 aliphatic heterocycles. The van der Waals surface area contributed by atoms with Crippen LogP contribution in [0.15, 0.2) is 42.6 Å². The number of benzene rings is 1. The first kappa shape index (κ1) is 17.9. The molecule has 134 valence electrons. The Morgan fingerprint density at radius 3 is 2.58 bits per heavy atom. The van der Waals surface area contributed by atoms with Crippen molar-refractivity contribution in [3.05, 3.63) is 70.1 Å². The molecule has 0 aliphatic rings. The van der Waals surface area contributed by atoms with Crippen molar-refractivity contribution in [3.63, 3.8) is 0 Å². The van der Waals surface area contributed by atoms with E-state index in [9.17, 15) is 4.79 Å². The molecule has 0 bridgehead atoms. The van der Waals surface area contributed by atoms with Crippen LogP contribution in [-0.2, 0) is 6.54 Å². The van der Waals surface area contributed by atoms with Gasteiger partial charge in [-0.05, 0) is 49.7 Å². The molecular formula is C19H19ClN4O2. The number of rotatable bonds is 5. The lowest BCUT2D eigenvalue weighted by atomic mass is 10.2. The van der Waals surface area contributed by atoms with Crippen molar-refractivity contribution in [2.24, 2.45) is 0 Å². The van der Waals surface area contributed by atoms with Gasteiger partial charge < -0.3 is 10.1 Å². The summed E-state index contributed by atoms with van der Waals surface area (Å²) in [6.07, 6.45) is 1.65. The largest absolute Gasteiger partial charge is 0.481 e. The summed E-state index contributed by atoms with van der Waals surface area (Å²) in [6.45, 7) is 4.17. The second-order valence-corrected chi connectivity index (χ2v) is 6.21. The minimum atomic E-state index is -0.154. The molecule has 6 nitrogen and oxygen atoms in total. The van der Waals surface area contributed by atoms with E-state index < -0.39 is 0 Å². The monoisotopic (exact) mass is 370 g/mol. The van der Waals surface area contributed by atoms with Gasteiger partial charge >= 0.3 is 0 Å². The summed E-state index contributed by atoms with van der Waals surface area (Å²) in [5.41, 5.74) is 3.99. The predicted molar refractivity (Wildman–Crippen MR) is 100 cm³/mol. The first-order valence-corrected chi connectivity index (χ1v) is 8.46. The molecule has 0 fully saturated rings. The van der Waals surface area contributed by atoms with Crippen LogP contribution in [0.2, 0.25) is 5.02 Å². The Bertz CT molecular complexity index is 935. The molecule has 3 rings (SSSR count). The highest BCUT2D eigenvalue weighted by molar-refractivity contribution is 6.31. The molecule has 0 atom stereocenters. The number of methoxy groups -OCH3 is 1. The maximum absolute atomic E-state index is 12.3. The van der Waals surface area contributed by atoms with Gasteiger partial charge in [0.1, 0.15) is 0 Å². The third kappa shape index (κ3) is 3.70. The number of aromatic nitrogens is 3. The maximum Gasteiger partial charge on any atom is 0.251 e. The predicted octanol–water partition coefficient (Wildman–Crippen LogP) is 3.48. The summed E-state index contributed by atoms with van der Waals surface area (Å²) >= 11 is 6.19. The number of amides is 1. The van der Waals surface area contributed by atoms with Crippen LogP contribution in [0, 0.1) is 13.8 Å². The SMILES string of the molecule is COc1cc(CNC(=O)c2ccc(-n3nc(C)c(Cl)c3C)cc2)ccn1. The van der Waals surface area contributed by atoms with E-state index in [1.165, 1.54) is 0 Å². The molecule has 0 spiro atoms. The van der Waals surface area contributed by atoms with Gasteiger partial charge in [0.15, 0.2) is 0 Å². The van der Waals surface area contributed by atoms with Crippen LogP contribution >= 0.6 is 11.6 Å². The average molecular weight is 371 g/mol. The molecule has 1 amide bonds. The molecule has 7 heteroatoms. The normalized spacial score (nSPS) is 10.6. The van der Waals surface area contributed by atoms with Gasteiger partial charge in [-0.1, -0.05) is 11.6 Å². The van der Waals surface area contributed by atoms with Crippen LogP contribution in [0.25, 0.3) is 5.69 Å². The van der Waals surface area contributed by atoms with E-state index in [2.05, 4.69) is 15.4 Å². The molecule has 0 saturated heterocycles. The summed E-state index contributed by atoms with van der Waals surface area (Å²) in [5, 5.41) is 7.95. The highest BCUT2D eigenvalue weighted by Gasteiger charge is 2.12. The topological polar surface area (TPSA) is 69.0 Å². The summed E-state index contributed by atoms with van der Waals surface area (Å²) in [4.78, 5) is 16.4. The Morgan fingerprint density at radius 2 is 1.96 bits per heavy atom. The number of nitrogens with one attached hydrogen (secondary N) is 1. The number of hydrogen-bond acceptors (Lipinski definition) is 4. The lowest BCUT2D eigenvalue weighted by Gasteiger charge is -2.08. The van der Waals surface area contributed by atoms with Gasteiger partial charge in [0.25, 0.3) is 5.91 Å². The zero-order valence-corrected chi connectivity index (χ0v) is 15.5. The van der Waals surface area contributed by atoms with E-state index in [4.69, 9.17) is 16.3 Å². The first-order chi connectivity index (χ1) is 12.5. The van der Waals surface area contributed by atoms with Gasteiger partial charge in [-0.25, -0.2) is 9.67 Å². The second-order valence-electron chi connectivity index (χ2n) is 5.83. The van der Waals surface area contributed by atoms with Gasteiger partial charge in [-0.2, -0.15) is 5.10 Å². The van der Waals surface area contributed by atoms with Crippen LogP contribution in [0.1, 0.15) is 27.3 Å². The maximum atomic E-state index is 12.3. The van der Waals surface area contributed by atoms with Crippen molar-refractivity contribution >= 4 is 17.5 Å². The van der Waals surface area contributed by atoms with Crippen molar-refractivity contribution in [2.45, 2.75) is 20.4 Å². The molecule has 0 unspecified atom stereocenters. The van der Waals surface area contributed by atoms with Crippen molar-refractivity contribution in [1.82, 2.24) is 20.1 Å². The summed E-state index contributed by atoms with van der Waals surface area (Å²) in [7, 11) is 1.56. The third-order valence-corrected chi connectivity index (χ3v) is 4.59. The molecule has 26 heavy (non-hydrogen) atoms. The Hall–Kier alpha value is -2.86. The molecule has 1 aromatic carbocycles. The molecule has 0 aliphatic carbocycles. The smallest absolute Gasteiger partial charge is 0.251 e. The molecule has 2 heterocycles. The van der Waals surface area contributed by atoms with Gasteiger partial charge in [-0.15, -0.1) is 0 Å². The lowest BCUT2D eigenvalue weighted by Crippen LogP contribution is -2.22. The van der Waals surface area contributed by atoms with E-state index in [0.717, 1.165) is 22.6 Å². The number of pyridine rings is 1. The first-order valence-electron chi connectivity index (χ1n) is 8.09. The summed E-state index contributed by atoms with van der Waals surface area (Å²) < 4.78 is 6.85. The molecule has 3 aromatic rings. The molecule has 0 radical (unpaired) electrons. The molecule has 0 saturated carbocycles. The fourth-order valence-corrected chi connectivity index (χ4v) is 2.70. The highest BCUT2D eigenvalue weighted by Crippen LogP contribution is 2.22. The summed E-state index contributed by atoms with van der Waals surface area (Å²) in [6, 6.07) is 10.8. The number of carbonyl (C=O) groups excluding carboxylic acids is 1. The third-order valence-electron chi connectivity index (χ3n) is 4.04. The minimum absolute atomic E-state index is 0.154. The number of carbonyl (C=O) groups is 1. The zero-order chi connectivity index (χ0) is 18.7. The Labute approximate surface area is 156 Å². The quantitative estimate of drug-likeness (QED) is 0.746. The fourth-order valence-electron chi connectivity index (χ4n) is 2.59. The van der Waals surface area contributed by atoms with Crippen molar-refractivity contribution in [3.8, 4) is 11.6 Å². The van der Waals surface area contributed by atoms with Crippen molar-refractivity contribution in [2.75, 3.05) is 7.11 Å². The standard InChI is InChI=1S/C19H19ClN4O2/c1-12-18(20)13(2)24(23-12)16-6-4-15(5-7-16)19(25)22-11-14-8-9-21-17(10-14)26-3/h4-10H,11H2,1-3H3,(H,22,25). The fraction of sp³-hybridized carbons (Fsp3) is 0.211. The van der Waals surface area contributed by atoms with Gasteiger partial charge in [0.2, 0.25) is 5.88 Å². The Balaban J connectivity index is 1.69. The van der Waals surface area contributed by atoms with Crippen molar-refractivity contribution in [1.29, 1.82) is 0 Å².